The number of phenolic OH excluding ortho intramolecular Hbond substituents is 2. The standard InChI is InChI=1S/C23H16O6/c24-16-11-17(25)19-18(12-16)29-22(15-9-5-2-6-10-15)20(21(19)26)23(27)28-13-14-7-3-1-4-8-14/h1-12,24-25H,13H2. The Bertz CT molecular complexity index is 1240. The predicted molar refractivity (Wildman–Crippen MR) is 107 cm³/mol. The van der Waals surface area contributed by atoms with Crippen LogP contribution in [0.4, 0.5) is 0 Å². The van der Waals surface area contributed by atoms with Gasteiger partial charge < -0.3 is 19.4 Å². The van der Waals surface area contributed by atoms with Crippen molar-refractivity contribution in [3.63, 3.8) is 0 Å². The molecule has 29 heavy (non-hydrogen) atoms. The topological polar surface area (TPSA) is 97.0 Å². The molecule has 6 nitrogen and oxygen atoms in total. The Hall–Kier alpha value is -4.06. The molecule has 1 aromatic heterocycles. The van der Waals surface area contributed by atoms with E-state index in [1.807, 2.05) is 18.2 Å². The molecule has 0 saturated carbocycles. The summed E-state index contributed by atoms with van der Waals surface area (Å²) in [6.45, 7) is -0.0209. The summed E-state index contributed by atoms with van der Waals surface area (Å²) in [5, 5.41) is 19.7. The molecule has 0 spiro atoms. The molecule has 0 unspecified atom stereocenters. The molecule has 4 aromatic rings. The Balaban J connectivity index is 1.87. The highest BCUT2D eigenvalue weighted by Gasteiger charge is 2.25. The lowest BCUT2D eigenvalue weighted by Gasteiger charge is -2.11. The van der Waals surface area contributed by atoms with Crippen LogP contribution in [0.2, 0.25) is 0 Å². The lowest BCUT2D eigenvalue weighted by Crippen LogP contribution is -2.19. The number of hydrogen-bond donors (Lipinski definition) is 2. The number of benzene rings is 3. The van der Waals surface area contributed by atoms with Crippen LogP contribution in [0, 0.1) is 0 Å². The first-order valence-corrected chi connectivity index (χ1v) is 8.84. The number of carbonyl (C=O) groups excluding carboxylic acids is 1. The highest BCUT2D eigenvalue weighted by Crippen LogP contribution is 2.32. The van der Waals surface area contributed by atoms with Crippen molar-refractivity contribution >= 4 is 16.9 Å². The molecule has 0 aliphatic carbocycles. The van der Waals surface area contributed by atoms with Gasteiger partial charge >= 0.3 is 5.97 Å². The van der Waals surface area contributed by atoms with E-state index in [-0.39, 0.29) is 34.6 Å². The minimum absolute atomic E-state index is 0.00571. The van der Waals surface area contributed by atoms with E-state index in [9.17, 15) is 19.8 Å². The second-order valence-electron chi connectivity index (χ2n) is 6.40. The maximum Gasteiger partial charge on any atom is 0.346 e. The smallest absolute Gasteiger partial charge is 0.346 e. The second kappa shape index (κ2) is 7.52. The van der Waals surface area contributed by atoms with Gasteiger partial charge in [-0.15, -0.1) is 0 Å². The molecule has 6 heteroatoms. The molecule has 0 radical (unpaired) electrons. The molecule has 0 atom stereocenters. The van der Waals surface area contributed by atoms with Gasteiger partial charge in [0.2, 0.25) is 5.43 Å². The second-order valence-corrected chi connectivity index (χ2v) is 6.40. The number of aromatic hydroxyl groups is 2. The number of carbonyl (C=O) groups is 1. The highest BCUT2D eigenvalue weighted by molar-refractivity contribution is 6.00. The number of esters is 1. The van der Waals surface area contributed by atoms with E-state index >= 15 is 0 Å². The first kappa shape index (κ1) is 18.3. The van der Waals surface area contributed by atoms with Crippen molar-refractivity contribution in [3.05, 3.63) is 94.1 Å². The molecule has 0 aliphatic heterocycles. The van der Waals surface area contributed by atoms with Gasteiger partial charge in [-0.3, -0.25) is 4.79 Å². The average molecular weight is 388 g/mol. The Labute approximate surface area is 165 Å². The van der Waals surface area contributed by atoms with E-state index in [2.05, 4.69) is 0 Å². The fraction of sp³-hybridized carbons (Fsp3) is 0.0435. The number of phenols is 2. The molecule has 144 valence electrons. The summed E-state index contributed by atoms with van der Waals surface area (Å²) in [5.41, 5.74) is 0.160. The summed E-state index contributed by atoms with van der Waals surface area (Å²) in [6, 6.07) is 19.9. The number of ether oxygens (including phenoxy) is 1. The zero-order valence-corrected chi connectivity index (χ0v) is 15.2. The summed E-state index contributed by atoms with van der Waals surface area (Å²) < 4.78 is 11.1. The molecule has 0 fully saturated rings. The van der Waals surface area contributed by atoms with Crippen molar-refractivity contribution in [2.75, 3.05) is 0 Å². The van der Waals surface area contributed by atoms with Gasteiger partial charge in [0.25, 0.3) is 0 Å². The third kappa shape index (κ3) is 3.55. The molecule has 0 aliphatic rings. The molecule has 1 heterocycles. The zero-order chi connectivity index (χ0) is 20.4. The molecule has 0 bridgehead atoms. The first-order chi connectivity index (χ1) is 14.0. The van der Waals surface area contributed by atoms with Gasteiger partial charge in [0.1, 0.15) is 29.1 Å². The van der Waals surface area contributed by atoms with Crippen LogP contribution in [-0.4, -0.2) is 16.2 Å². The Morgan fingerprint density at radius 1 is 0.931 bits per heavy atom. The SMILES string of the molecule is O=C(OCc1ccccc1)c1c(-c2ccccc2)oc2cc(O)cc(O)c2c1=O. The largest absolute Gasteiger partial charge is 0.508 e. The van der Waals surface area contributed by atoms with Gasteiger partial charge in [0.05, 0.1) is 0 Å². The molecular weight excluding hydrogens is 372 g/mol. The van der Waals surface area contributed by atoms with Crippen LogP contribution in [-0.2, 0) is 11.3 Å². The van der Waals surface area contributed by atoms with Crippen LogP contribution in [0.5, 0.6) is 11.5 Å². The van der Waals surface area contributed by atoms with Crippen molar-refractivity contribution in [2.45, 2.75) is 6.61 Å². The van der Waals surface area contributed by atoms with Gasteiger partial charge in [-0.2, -0.15) is 0 Å². The summed E-state index contributed by atoms with van der Waals surface area (Å²) in [4.78, 5) is 25.9. The Morgan fingerprint density at radius 3 is 2.28 bits per heavy atom. The molecule has 0 saturated heterocycles. The van der Waals surface area contributed by atoms with Crippen molar-refractivity contribution in [2.24, 2.45) is 0 Å². The van der Waals surface area contributed by atoms with Crippen molar-refractivity contribution in [1.82, 2.24) is 0 Å². The molecular formula is C23H16O6. The van der Waals surface area contributed by atoms with E-state index in [1.54, 1.807) is 42.5 Å². The van der Waals surface area contributed by atoms with Crippen molar-refractivity contribution < 1.29 is 24.2 Å². The van der Waals surface area contributed by atoms with Crippen LogP contribution >= 0.6 is 0 Å². The quantitative estimate of drug-likeness (QED) is 0.508. The Morgan fingerprint density at radius 2 is 1.59 bits per heavy atom. The number of fused-ring (bicyclic) bond motifs is 1. The van der Waals surface area contributed by atoms with Gasteiger partial charge in [0.15, 0.2) is 11.3 Å². The number of hydrogen-bond acceptors (Lipinski definition) is 6. The third-order valence-corrected chi connectivity index (χ3v) is 4.41. The normalized spacial score (nSPS) is 10.8. The monoisotopic (exact) mass is 388 g/mol. The van der Waals surface area contributed by atoms with E-state index in [0.29, 0.717) is 5.56 Å². The van der Waals surface area contributed by atoms with Gasteiger partial charge in [-0.05, 0) is 5.56 Å². The Kier molecular flexibility index (Phi) is 4.75. The lowest BCUT2D eigenvalue weighted by atomic mass is 10.0. The fourth-order valence-corrected chi connectivity index (χ4v) is 3.06. The molecule has 4 rings (SSSR count). The van der Waals surface area contributed by atoms with Gasteiger partial charge in [-0.1, -0.05) is 60.7 Å². The van der Waals surface area contributed by atoms with Crippen LogP contribution in [0.25, 0.3) is 22.3 Å². The summed E-state index contributed by atoms with van der Waals surface area (Å²) in [7, 11) is 0. The van der Waals surface area contributed by atoms with Gasteiger partial charge in [0, 0.05) is 17.7 Å². The average Bonchev–Trinajstić information content (AvgIpc) is 2.72. The van der Waals surface area contributed by atoms with E-state index < -0.39 is 17.1 Å². The highest BCUT2D eigenvalue weighted by atomic mass is 16.5. The molecule has 3 aromatic carbocycles. The van der Waals surface area contributed by atoms with Crippen LogP contribution in [0.3, 0.4) is 0 Å². The maximum atomic E-state index is 13.1. The maximum absolute atomic E-state index is 13.1. The minimum atomic E-state index is -0.865. The van der Waals surface area contributed by atoms with E-state index in [4.69, 9.17) is 9.15 Å². The zero-order valence-electron chi connectivity index (χ0n) is 15.2. The minimum Gasteiger partial charge on any atom is -0.508 e. The first-order valence-electron chi connectivity index (χ1n) is 8.84. The van der Waals surface area contributed by atoms with Crippen molar-refractivity contribution in [3.8, 4) is 22.8 Å². The van der Waals surface area contributed by atoms with Crippen molar-refractivity contribution in [1.29, 1.82) is 0 Å². The fourth-order valence-electron chi connectivity index (χ4n) is 3.06. The summed E-state index contributed by atoms with van der Waals surface area (Å²) in [5.74, 6) is -1.61. The molecule has 2 N–H and O–H groups in total. The lowest BCUT2D eigenvalue weighted by molar-refractivity contribution is 0.0470. The van der Waals surface area contributed by atoms with Crippen LogP contribution < -0.4 is 5.43 Å². The summed E-state index contributed by atoms with van der Waals surface area (Å²) >= 11 is 0. The molecule has 0 amide bonds. The third-order valence-electron chi connectivity index (χ3n) is 4.41. The van der Waals surface area contributed by atoms with E-state index in [0.717, 1.165) is 11.6 Å². The number of rotatable bonds is 4. The van der Waals surface area contributed by atoms with Crippen LogP contribution in [0.15, 0.2) is 82.0 Å². The van der Waals surface area contributed by atoms with Gasteiger partial charge in [-0.25, -0.2) is 4.79 Å². The predicted octanol–water partition coefficient (Wildman–Crippen LogP) is 4.23. The van der Waals surface area contributed by atoms with E-state index in [1.165, 1.54) is 6.07 Å². The summed E-state index contributed by atoms with van der Waals surface area (Å²) in [6.07, 6.45) is 0. The van der Waals surface area contributed by atoms with Crippen LogP contribution in [0.1, 0.15) is 15.9 Å².